The number of allylic oxidation sites excluding steroid dienone is 6. The molecule has 13 heteroatoms. The van der Waals surface area contributed by atoms with Gasteiger partial charge < -0.3 is 34.3 Å². The third-order valence-corrected chi connectivity index (χ3v) is 15.2. The Balaban J connectivity index is 2.25. The fraction of sp³-hybridized carbons (Fsp3) is 0.889. The van der Waals surface area contributed by atoms with Gasteiger partial charge in [0.05, 0.1) is 19.8 Å². The Hall–Kier alpha value is -1.68. The van der Waals surface area contributed by atoms with E-state index in [9.17, 15) is 33.1 Å². The molecule has 1 fully saturated rings. The summed E-state index contributed by atoms with van der Waals surface area (Å²) in [6, 6.07) is 0. The van der Waals surface area contributed by atoms with E-state index in [1.807, 2.05) is 0 Å². The third kappa shape index (κ3) is 46.1. The molecule has 0 aliphatic carbocycles. The molecular formula is C63H118O12S. The van der Waals surface area contributed by atoms with Gasteiger partial charge in [-0.1, -0.05) is 256 Å². The summed E-state index contributed by atoms with van der Waals surface area (Å²) in [7, 11) is -5.07. The monoisotopic (exact) mass is 1100 g/mol. The van der Waals surface area contributed by atoms with Crippen LogP contribution < -0.4 is 0 Å². The lowest BCUT2D eigenvalue weighted by atomic mass is 9.99. The molecule has 1 aliphatic heterocycles. The van der Waals surface area contributed by atoms with Crippen molar-refractivity contribution in [2.75, 3.05) is 26.4 Å². The normalized spacial score (nSPS) is 18.7. The van der Waals surface area contributed by atoms with E-state index in [0.29, 0.717) is 13.0 Å². The number of carbonyl (C=O) groups excluding carboxylic acids is 1. The first-order chi connectivity index (χ1) is 37.1. The van der Waals surface area contributed by atoms with Crippen LogP contribution in [0, 0.1) is 0 Å². The van der Waals surface area contributed by atoms with Gasteiger partial charge in [-0.05, 0) is 70.6 Å². The van der Waals surface area contributed by atoms with E-state index in [4.69, 9.17) is 18.9 Å². The number of ether oxygens (including phenoxy) is 4. The summed E-state index contributed by atoms with van der Waals surface area (Å²) in [6.07, 6.45) is 59.0. The maximum absolute atomic E-state index is 13.0. The zero-order valence-electron chi connectivity index (χ0n) is 48.8. The van der Waals surface area contributed by atoms with Crippen LogP contribution in [0.4, 0.5) is 0 Å². The molecule has 0 amide bonds. The standard InChI is InChI=1S/C63H118O12S/c1-3-5-7-9-11-13-15-17-19-21-23-25-27-29-30-32-34-36-38-40-42-44-46-48-50-52-59(65)73-57(56-72-63-61(67)62(75-76(68,69)70)60(66)58(54-64)74-63)55-71-53-51-49-47-45-43-41-39-37-35-33-31-28-26-24-22-20-18-16-14-12-10-8-6-4-2/h16,18,21-24,57-58,60-64,66-67H,3-15,17,19-20,25-56H2,1-2H3,(H,68,69,70)/b18-16-,23-21-,24-22-. The largest absolute Gasteiger partial charge is 0.457 e. The lowest BCUT2D eigenvalue weighted by Gasteiger charge is -2.41. The number of hydrogen-bond donors (Lipinski definition) is 4. The summed E-state index contributed by atoms with van der Waals surface area (Å²) in [4.78, 5) is 13.0. The van der Waals surface area contributed by atoms with Crippen LogP contribution >= 0.6 is 0 Å². The number of rotatable bonds is 57. The Morgan fingerprint density at radius 1 is 0.500 bits per heavy atom. The van der Waals surface area contributed by atoms with Crippen molar-refractivity contribution in [2.45, 2.75) is 333 Å². The second-order valence-corrected chi connectivity index (χ2v) is 23.0. The molecule has 1 saturated heterocycles. The van der Waals surface area contributed by atoms with Crippen molar-refractivity contribution in [3.63, 3.8) is 0 Å². The lowest BCUT2D eigenvalue weighted by Crippen LogP contribution is -2.60. The minimum absolute atomic E-state index is 0.0380. The molecule has 1 heterocycles. The minimum Gasteiger partial charge on any atom is -0.457 e. The van der Waals surface area contributed by atoms with Crippen molar-refractivity contribution in [1.82, 2.24) is 0 Å². The summed E-state index contributed by atoms with van der Waals surface area (Å²) in [5.74, 6) is -0.394. The van der Waals surface area contributed by atoms with Crippen molar-refractivity contribution in [3.8, 4) is 0 Å². The average molecular weight is 1100 g/mol. The Bertz CT molecular complexity index is 1460. The molecule has 76 heavy (non-hydrogen) atoms. The van der Waals surface area contributed by atoms with Crippen LogP contribution in [0.5, 0.6) is 0 Å². The number of carbonyl (C=O) groups is 1. The van der Waals surface area contributed by atoms with Gasteiger partial charge in [-0.2, -0.15) is 8.42 Å². The lowest BCUT2D eigenvalue weighted by molar-refractivity contribution is -0.301. The molecule has 1 rings (SSSR count). The third-order valence-electron chi connectivity index (χ3n) is 14.7. The fourth-order valence-corrected chi connectivity index (χ4v) is 10.4. The van der Waals surface area contributed by atoms with E-state index in [2.05, 4.69) is 54.5 Å². The smallest absolute Gasteiger partial charge is 0.397 e. The second-order valence-electron chi connectivity index (χ2n) is 22.0. The van der Waals surface area contributed by atoms with Gasteiger partial charge in [0.1, 0.15) is 30.5 Å². The Labute approximate surface area is 466 Å². The predicted octanol–water partition coefficient (Wildman–Crippen LogP) is 16.4. The maximum Gasteiger partial charge on any atom is 0.397 e. The molecule has 4 N–H and O–H groups in total. The molecule has 6 unspecified atom stereocenters. The minimum atomic E-state index is -5.07. The molecule has 0 aromatic carbocycles. The number of aliphatic hydroxyl groups excluding tert-OH is 3. The quantitative estimate of drug-likeness (QED) is 0.0196. The second kappa shape index (κ2) is 53.9. The Kier molecular flexibility index (Phi) is 51.3. The zero-order valence-corrected chi connectivity index (χ0v) is 49.6. The Morgan fingerprint density at radius 2 is 0.868 bits per heavy atom. The van der Waals surface area contributed by atoms with Crippen LogP contribution in [0.2, 0.25) is 0 Å². The highest BCUT2D eigenvalue weighted by atomic mass is 32.3. The van der Waals surface area contributed by atoms with Gasteiger partial charge in [0, 0.05) is 13.0 Å². The van der Waals surface area contributed by atoms with Gasteiger partial charge in [0.15, 0.2) is 6.29 Å². The van der Waals surface area contributed by atoms with Gasteiger partial charge in [0.25, 0.3) is 0 Å². The first-order valence-electron chi connectivity index (χ1n) is 31.7. The molecule has 0 radical (unpaired) electrons. The van der Waals surface area contributed by atoms with Crippen LogP contribution in [0.25, 0.3) is 0 Å². The van der Waals surface area contributed by atoms with Gasteiger partial charge in [0.2, 0.25) is 0 Å². The van der Waals surface area contributed by atoms with Crippen molar-refractivity contribution in [2.24, 2.45) is 0 Å². The molecule has 0 spiro atoms. The number of esters is 1. The molecule has 0 bridgehead atoms. The highest BCUT2D eigenvalue weighted by Crippen LogP contribution is 2.26. The van der Waals surface area contributed by atoms with Crippen LogP contribution in [0.15, 0.2) is 36.5 Å². The first-order valence-corrected chi connectivity index (χ1v) is 33.1. The van der Waals surface area contributed by atoms with Crippen LogP contribution in [-0.2, 0) is 38.3 Å². The van der Waals surface area contributed by atoms with E-state index in [-0.39, 0.29) is 19.6 Å². The molecule has 0 aromatic rings. The van der Waals surface area contributed by atoms with E-state index in [0.717, 1.165) is 44.9 Å². The summed E-state index contributed by atoms with van der Waals surface area (Å²) >= 11 is 0. The van der Waals surface area contributed by atoms with Gasteiger partial charge in [-0.3, -0.25) is 9.35 Å². The van der Waals surface area contributed by atoms with E-state index >= 15 is 0 Å². The molecule has 0 aromatic heterocycles. The van der Waals surface area contributed by atoms with Crippen molar-refractivity contribution < 1.29 is 56.2 Å². The summed E-state index contributed by atoms with van der Waals surface area (Å²) in [5, 5.41) is 30.9. The zero-order chi connectivity index (χ0) is 55.3. The first kappa shape index (κ1) is 72.3. The number of aliphatic hydroxyl groups is 3. The van der Waals surface area contributed by atoms with Crippen molar-refractivity contribution in [3.05, 3.63) is 36.5 Å². The molecule has 12 nitrogen and oxygen atoms in total. The van der Waals surface area contributed by atoms with Crippen LogP contribution in [0.1, 0.15) is 296 Å². The van der Waals surface area contributed by atoms with E-state index in [1.165, 1.54) is 225 Å². The van der Waals surface area contributed by atoms with Gasteiger partial charge >= 0.3 is 16.4 Å². The summed E-state index contributed by atoms with van der Waals surface area (Å²) < 4.78 is 59.6. The highest BCUT2D eigenvalue weighted by Gasteiger charge is 2.48. The fourth-order valence-electron chi connectivity index (χ4n) is 9.94. The molecule has 6 atom stereocenters. The highest BCUT2D eigenvalue weighted by molar-refractivity contribution is 7.80. The van der Waals surface area contributed by atoms with E-state index in [1.54, 1.807) is 0 Å². The molecular weight excluding hydrogens is 981 g/mol. The average Bonchev–Trinajstić information content (AvgIpc) is 3.40. The van der Waals surface area contributed by atoms with Crippen LogP contribution in [-0.4, -0.2) is 97.5 Å². The van der Waals surface area contributed by atoms with Crippen LogP contribution in [0.3, 0.4) is 0 Å². The predicted molar refractivity (Wildman–Crippen MR) is 313 cm³/mol. The van der Waals surface area contributed by atoms with Crippen molar-refractivity contribution in [1.29, 1.82) is 0 Å². The molecule has 448 valence electrons. The topological polar surface area (TPSA) is 178 Å². The molecule has 0 saturated carbocycles. The van der Waals surface area contributed by atoms with Gasteiger partial charge in [-0.15, -0.1) is 0 Å². The Morgan fingerprint density at radius 3 is 1.26 bits per heavy atom. The summed E-state index contributed by atoms with van der Waals surface area (Å²) in [6.45, 7) is 4.04. The maximum atomic E-state index is 13.0. The van der Waals surface area contributed by atoms with E-state index < -0.39 is 59.8 Å². The number of unbranched alkanes of at least 4 members (excludes halogenated alkanes) is 38. The summed E-state index contributed by atoms with van der Waals surface area (Å²) in [5.41, 5.74) is 0. The van der Waals surface area contributed by atoms with Crippen molar-refractivity contribution >= 4 is 16.4 Å². The SMILES string of the molecule is CCCCCCC/C=C\C/C=C\CCCCCCCCCCCCCCOCC(COC1OC(CO)C(O)C(OS(=O)(=O)O)C1O)OC(=O)CCCCCCCCCCCCCCC/C=C\CCCCCCCCCC. The van der Waals surface area contributed by atoms with Gasteiger partial charge in [-0.25, -0.2) is 4.18 Å². The number of hydrogen-bond acceptors (Lipinski definition) is 11. The molecule has 1 aliphatic rings.